The third-order valence-corrected chi connectivity index (χ3v) is 4.11. The first kappa shape index (κ1) is 11.5. The van der Waals surface area contributed by atoms with E-state index in [1.54, 1.807) is 7.11 Å². The minimum Gasteiger partial charge on any atom is -0.497 e. The fourth-order valence-electron chi connectivity index (χ4n) is 3.20. The number of allylic oxidation sites excluding steroid dienone is 2. The second-order valence-corrected chi connectivity index (χ2v) is 5.20. The minimum absolute atomic E-state index is 0.304. The third-order valence-electron chi connectivity index (χ3n) is 4.11. The molecule has 2 nitrogen and oxygen atoms in total. The van der Waals surface area contributed by atoms with Gasteiger partial charge in [0.1, 0.15) is 5.75 Å². The van der Waals surface area contributed by atoms with Crippen LogP contribution in [0.4, 0.5) is 0 Å². The molecule has 0 bridgehead atoms. The molecule has 0 amide bonds. The number of fused-ring (bicyclic) bond motifs is 3. The number of carbonyl (C=O) groups excluding carboxylic acids is 1. The molecule has 2 heteroatoms. The molecule has 0 fully saturated rings. The summed E-state index contributed by atoms with van der Waals surface area (Å²) in [6, 6.07) is 6.39. The summed E-state index contributed by atoms with van der Waals surface area (Å²) in [5, 5.41) is 0. The third kappa shape index (κ3) is 1.96. The highest BCUT2D eigenvalue weighted by molar-refractivity contribution is 5.91. The Morgan fingerprint density at radius 1 is 1.22 bits per heavy atom. The van der Waals surface area contributed by atoms with Gasteiger partial charge in [-0.3, -0.25) is 4.79 Å². The number of rotatable bonds is 1. The zero-order valence-electron chi connectivity index (χ0n) is 10.7. The van der Waals surface area contributed by atoms with Crippen molar-refractivity contribution < 1.29 is 9.53 Å². The molecule has 2 aliphatic carbocycles. The van der Waals surface area contributed by atoms with E-state index >= 15 is 0 Å². The largest absolute Gasteiger partial charge is 0.497 e. The van der Waals surface area contributed by atoms with Gasteiger partial charge in [-0.15, -0.1) is 0 Å². The van der Waals surface area contributed by atoms with Crippen molar-refractivity contribution in [2.45, 2.75) is 38.0 Å². The molecule has 1 aromatic rings. The first-order valence-corrected chi connectivity index (χ1v) is 6.68. The Balaban J connectivity index is 2.05. The molecule has 1 unspecified atom stereocenters. The average Bonchev–Trinajstić information content (AvgIpc) is 2.56. The molecular formula is C16H18O2. The molecule has 0 heterocycles. The summed E-state index contributed by atoms with van der Waals surface area (Å²) in [7, 11) is 1.71. The van der Waals surface area contributed by atoms with Gasteiger partial charge in [-0.25, -0.2) is 0 Å². The Morgan fingerprint density at radius 3 is 2.94 bits per heavy atom. The lowest BCUT2D eigenvalue weighted by atomic mass is 9.81. The van der Waals surface area contributed by atoms with Gasteiger partial charge in [0, 0.05) is 12.3 Å². The maximum absolute atomic E-state index is 11.5. The predicted octanol–water partition coefficient (Wildman–Crippen LogP) is 3.40. The molecule has 0 spiro atoms. The number of ketones is 1. The number of ether oxygens (including phenoxy) is 1. The lowest BCUT2D eigenvalue weighted by Crippen LogP contribution is -2.12. The summed E-state index contributed by atoms with van der Waals surface area (Å²) in [6.07, 6.45) is 6.86. The highest BCUT2D eigenvalue weighted by Gasteiger charge is 2.27. The number of hydrogen-bond acceptors (Lipinski definition) is 2. The number of benzene rings is 1. The smallest absolute Gasteiger partial charge is 0.155 e. The van der Waals surface area contributed by atoms with Crippen molar-refractivity contribution >= 4 is 5.78 Å². The number of carbonyl (C=O) groups is 1. The van der Waals surface area contributed by atoms with E-state index in [1.165, 1.54) is 16.7 Å². The van der Waals surface area contributed by atoms with Gasteiger partial charge in [0.05, 0.1) is 7.11 Å². The molecular weight excluding hydrogens is 224 g/mol. The van der Waals surface area contributed by atoms with Crippen LogP contribution in [0.3, 0.4) is 0 Å². The maximum atomic E-state index is 11.5. The van der Waals surface area contributed by atoms with Gasteiger partial charge >= 0.3 is 0 Å². The van der Waals surface area contributed by atoms with E-state index in [4.69, 9.17) is 4.74 Å². The minimum atomic E-state index is 0.304. The van der Waals surface area contributed by atoms with Crippen molar-refractivity contribution in [3.05, 3.63) is 41.0 Å². The molecule has 3 rings (SSSR count). The molecule has 0 aromatic heterocycles. The van der Waals surface area contributed by atoms with Crippen LogP contribution in [0.25, 0.3) is 0 Å². The van der Waals surface area contributed by atoms with Crippen LogP contribution in [0.5, 0.6) is 5.75 Å². The summed E-state index contributed by atoms with van der Waals surface area (Å²) in [5.41, 5.74) is 4.15. The second-order valence-electron chi connectivity index (χ2n) is 5.20. The van der Waals surface area contributed by atoms with Crippen LogP contribution < -0.4 is 4.74 Å². The normalized spacial score (nSPS) is 22.6. The van der Waals surface area contributed by atoms with Crippen molar-refractivity contribution in [1.29, 1.82) is 0 Å². The van der Waals surface area contributed by atoms with E-state index in [2.05, 4.69) is 12.1 Å². The SMILES string of the molecule is COc1ccc2c(c1)CCCC1=CC(=O)CCC12. The van der Waals surface area contributed by atoms with E-state index in [0.717, 1.165) is 31.4 Å². The lowest BCUT2D eigenvalue weighted by Gasteiger charge is -2.23. The highest BCUT2D eigenvalue weighted by atomic mass is 16.5. The van der Waals surface area contributed by atoms with E-state index in [1.807, 2.05) is 12.1 Å². The Morgan fingerprint density at radius 2 is 2.11 bits per heavy atom. The summed E-state index contributed by atoms with van der Waals surface area (Å²) >= 11 is 0. The molecule has 0 aliphatic heterocycles. The number of aryl methyl sites for hydroxylation is 1. The molecule has 0 saturated heterocycles. The highest BCUT2D eigenvalue weighted by Crippen LogP contribution is 2.40. The van der Waals surface area contributed by atoms with Crippen molar-refractivity contribution in [2.24, 2.45) is 0 Å². The summed E-state index contributed by atoms with van der Waals surface area (Å²) in [6.45, 7) is 0. The Bertz CT molecular complexity index is 514. The van der Waals surface area contributed by atoms with Crippen LogP contribution in [-0.4, -0.2) is 12.9 Å². The van der Waals surface area contributed by atoms with Gasteiger partial charge in [0.15, 0.2) is 5.78 Å². The Labute approximate surface area is 108 Å². The summed E-state index contributed by atoms with van der Waals surface area (Å²) in [5.74, 6) is 1.71. The molecule has 0 radical (unpaired) electrons. The zero-order chi connectivity index (χ0) is 12.5. The van der Waals surface area contributed by atoms with Gasteiger partial charge in [-0.1, -0.05) is 11.6 Å². The molecule has 94 valence electrons. The van der Waals surface area contributed by atoms with Crippen molar-refractivity contribution in [2.75, 3.05) is 7.11 Å². The molecule has 1 atom stereocenters. The van der Waals surface area contributed by atoms with Gasteiger partial charge in [-0.2, -0.15) is 0 Å². The van der Waals surface area contributed by atoms with Crippen LogP contribution >= 0.6 is 0 Å². The van der Waals surface area contributed by atoms with Gasteiger partial charge < -0.3 is 4.74 Å². The maximum Gasteiger partial charge on any atom is 0.155 e. The van der Waals surface area contributed by atoms with Crippen LogP contribution in [0.1, 0.15) is 42.7 Å². The second kappa shape index (κ2) is 4.60. The quantitative estimate of drug-likeness (QED) is 0.754. The van der Waals surface area contributed by atoms with Crippen LogP contribution in [0, 0.1) is 0 Å². The van der Waals surface area contributed by atoms with Gasteiger partial charge in [-0.05, 0) is 55.0 Å². The average molecular weight is 242 g/mol. The monoisotopic (exact) mass is 242 g/mol. The Kier molecular flexibility index (Phi) is 2.94. The fraction of sp³-hybridized carbons (Fsp3) is 0.438. The van der Waals surface area contributed by atoms with E-state index in [0.29, 0.717) is 18.1 Å². The van der Waals surface area contributed by atoms with E-state index in [-0.39, 0.29) is 0 Å². The lowest BCUT2D eigenvalue weighted by molar-refractivity contribution is -0.115. The molecule has 1 aromatic carbocycles. The topological polar surface area (TPSA) is 26.3 Å². The van der Waals surface area contributed by atoms with Crippen molar-refractivity contribution in [3.8, 4) is 5.75 Å². The first-order chi connectivity index (χ1) is 8.78. The molecule has 2 aliphatic rings. The van der Waals surface area contributed by atoms with E-state index in [9.17, 15) is 4.79 Å². The van der Waals surface area contributed by atoms with Crippen LogP contribution in [-0.2, 0) is 11.2 Å². The van der Waals surface area contributed by atoms with Crippen molar-refractivity contribution in [3.63, 3.8) is 0 Å². The van der Waals surface area contributed by atoms with Gasteiger partial charge in [0.2, 0.25) is 0 Å². The molecule has 0 saturated carbocycles. The van der Waals surface area contributed by atoms with Crippen molar-refractivity contribution in [1.82, 2.24) is 0 Å². The summed E-state index contributed by atoms with van der Waals surface area (Å²) < 4.78 is 5.31. The summed E-state index contributed by atoms with van der Waals surface area (Å²) in [4.78, 5) is 11.5. The predicted molar refractivity (Wildman–Crippen MR) is 71.0 cm³/mol. The van der Waals surface area contributed by atoms with E-state index < -0.39 is 0 Å². The number of methoxy groups -OCH3 is 1. The first-order valence-electron chi connectivity index (χ1n) is 6.68. The zero-order valence-corrected chi connectivity index (χ0v) is 10.7. The molecule has 18 heavy (non-hydrogen) atoms. The van der Waals surface area contributed by atoms with Crippen LogP contribution in [0.15, 0.2) is 29.8 Å². The Hall–Kier alpha value is -1.57. The van der Waals surface area contributed by atoms with Gasteiger partial charge in [0.25, 0.3) is 0 Å². The fourth-order valence-corrected chi connectivity index (χ4v) is 3.20. The standard InChI is InChI=1S/C16H18O2/c1-18-14-6-8-16-12(10-14)4-2-3-11-9-13(17)5-7-15(11)16/h6,8-10,15H,2-5,7H2,1H3. The number of hydrogen-bond donors (Lipinski definition) is 0. The van der Waals surface area contributed by atoms with Crippen LogP contribution in [0.2, 0.25) is 0 Å². The molecule has 0 N–H and O–H groups in total.